The van der Waals surface area contributed by atoms with Crippen LogP contribution in [0.2, 0.25) is 0 Å². The van der Waals surface area contributed by atoms with Crippen LogP contribution in [0.4, 0.5) is 0 Å². The standard InChI is InChI=1S/C22H36N2O17/c1-6(28)23-10-14(32)12(30)8(3-25)37-21(10)39-16-15(11(24-7(2)29)20(36)38-17(16)19(34)35)41-22(5-27)18(33)13(31)9(4-26)40-22/h8-18,20-21,25-27,30-33,36H,3-5H2,1-2H3,(H,23,28)(H,24,29)(H,34,35)/t8-,9-,10-,11+,12-,13-,14-,15-,16+,17+,18+,20?,21+,22+/m1/s1. The number of carboxylic acids is 1. The number of hydrogen-bond acceptors (Lipinski definition) is 16. The number of ether oxygens (including phenoxy) is 5. The van der Waals surface area contributed by atoms with Gasteiger partial charge in [0.25, 0.3) is 0 Å². The van der Waals surface area contributed by atoms with Gasteiger partial charge in [0.1, 0.15) is 67.5 Å². The Balaban J connectivity index is 2.09. The number of aliphatic carboxylic acids is 1. The van der Waals surface area contributed by atoms with Gasteiger partial charge in [0.2, 0.25) is 17.6 Å². The average Bonchev–Trinajstić information content (AvgIpc) is 3.15. The second-order valence-electron chi connectivity index (χ2n) is 9.87. The molecule has 2 amide bonds. The van der Waals surface area contributed by atoms with E-state index < -0.39 is 123 Å². The summed E-state index contributed by atoms with van der Waals surface area (Å²) in [6.45, 7) is -0.810. The summed E-state index contributed by atoms with van der Waals surface area (Å²) in [5.41, 5.74) is 0. The van der Waals surface area contributed by atoms with Gasteiger partial charge >= 0.3 is 5.97 Å². The van der Waals surface area contributed by atoms with E-state index in [2.05, 4.69) is 10.6 Å². The molecular weight excluding hydrogens is 564 g/mol. The minimum atomic E-state index is -2.57. The van der Waals surface area contributed by atoms with Crippen LogP contribution < -0.4 is 10.6 Å². The third-order valence-electron chi connectivity index (χ3n) is 6.97. The van der Waals surface area contributed by atoms with E-state index in [0.29, 0.717) is 0 Å². The normalized spacial score (nSPS) is 44.8. The Bertz CT molecular complexity index is 942. The van der Waals surface area contributed by atoms with Crippen molar-refractivity contribution in [2.24, 2.45) is 0 Å². The molecular formula is C22H36N2O17. The van der Waals surface area contributed by atoms with Gasteiger partial charge in [0, 0.05) is 13.8 Å². The lowest BCUT2D eigenvalue weighted by Crippen LogP contribution is -2.71. The maximum Gasteiger partial charge on any atom is 0.335 e. The molecule has 0 aliphatic carbocycles. The van der Waals surface area contributed by atoms with Gasteiger partial charge in [0.15, 0.2) is 18.7 Å². The Morgan fingerprint density at radius 1 is 0.805 bits per heavy atom. The highest BCUT2D eigenvalue weighted by molar-refractivity contribution is 5.75. The summed E-state index contributed by atoms with van der Waals surface area (Å²) in [4.78, 5) is 36.1. The zero-order valence-electron chi connectivity index (χ0n) is 21.9. The first-order valence-electron chi connectivity index (χ1n) is 12.5. The Hall–Kier alpha value is -2.11. The fourth-order valence-electron chi connectivity index (χ4n) is 4.97. The first-order chi connectivity index (χ1) is 19.2. The van der Waals surface area contributed by atoms with E-state index >= 15 is 0 Å². The van der Waals surface area contributed by atoms with E-state index in [1.54, 1.807) is 0 Å². The third-order valence-corrected chi connectivity index (χ3v) is 6.97. The van der Waals surface area contributed by atoms with E-state index in [4.69, 9.17) is 23.7 Å². The van der Waals surface area contributed by atoms with Crippen molar-refractivity contribution in [3.63, 3.8) is 0 Å². The van der Waals surface area contributed by atoms with E-state index in [0.717, 1.165) is 13.8 Å². The number of carboxylic acid groups (broad SMARTS) is 1. The molecule has 0 aromatic carbocycles. The molecule has 0 radical (unpaired) electrons. The van der Waals surface area contributed by atoms with E-state index in [-0.39, 0.29) is 0 Å². The van der Waals surface area contributed by atoms with Gasteiger partial charge in [-0.15, -0.1) is 0 Å². The van der Waals surface area contributed by atoms with Crippen molar-refractivity contribution in [3.05, 3.63) is 0 Å². The van der Waals surface area contributed by atoms with Crippen LogP contribution in [0.3, 0.4) is 0 Å². The van der Waals surface area contributed by atoms with Crippen LogP contribution in [0.15, 0.2) is 0 Å². The number of amides is 2. The fourth-order valence-corrected chi connectivity index (χ4v) is 4.97. The number of hydrogen-bond donors (Lipinski definition) is 11. The SMILES string of the molecule is CC(=O)N[C@H]1[C@H](O[C@H]2[C@H](O[C@]3(CO)O[C@H](CO)[C@@H](O)[C@@H]3O)[C@H](NC(C)=O)C(O)O[C@@H]2C(=O)O)O[C@H](CO)[C@@H](O)[C@@H]1O. The number of carbonyl (C=O) groups is 3. The summed E-state index contributed by atoms with van der Waals surface area (Å²) in [5.74, 6) is -5.85. The number of carbonyl (C=O) groups excluding carboxylic acids is 2. The largest absolute Gasteiger partial charge is 0.479 e. The highest BCUT2D eigenvalue weighted by atomic mass is 16.8. The van der Waals surface area contributed by atoms with Crippen LogP contribution in [-0.4, -0.2) is 169 Å². The van der Waals surface area contributed by atoms with Crippen molar-refractivity contribution >= 4 is 17.8 Å². The van der Waals surface area contributed by atoms with Gasteiger partial charge in [-0.1, -0.05) is 0 Å². The highest BCUT2D eigenvalue weighted by Crippen LogP contribution is 2.38. The van der Waals surface area contributed by atoms with E-state index in [9.17, 15) is 60.3 Å². The first kappa shape index (κ1) is 33.4. The van der Waals surface area contributed by atoms with Crippen LogP contribution in [0.25, 0.3) is 0 Å². The number of aliphatic hydroxyl groups excluding tert-OH is 8. The Morgan fingerprint density at radius 3 is 1.88 bits per heavy atom. The average molecular weight is 601 g/mol. The van der Waals surface area contributed by atoms with Crippen molar-refractivity contribution in [2.75, 3.05) is 19.8 Å². The maximum absolute atomic E-state index is 12.2. The highest BCUT2D eigenvalue weighted by Gasteiger charge is 2.61. The molecule has 3 fully saturated rings. The van der Waals surface area contributed by atoms with Crippen molar-refractivity contribution in [1.29, 1.82) is 0 Å². The van der Waals surface area contributed by atoms with Gasteiger partial charge in [-0.25, -0.2) is 4.79 Å². The van der Waals surface area contributed by atoms with Crippen molar-refractivity contribution < 1.29 is 84.0 Å². The van der Waals surface area contributed by atoms with Gasteiger partial charge < -0.3 is 80.3 Å². The van der Waals surface area contributed by atoms with Crippen LogP contribution in [0, 0.1) is 0 Å². The molecule has 3 aliphatic heterocycles. The summed E-state index contributed by atoms with van der Waals surface area (Å²) < 4.78 is 27.7. The van der Waals surface area contributed by atoms with Crippen molar-refractivity contribution in [3.8, 4) is 0 Å². The molecule has 19 nitrogen and oxygen atoms in total. The number of aliphatic hydroxyl groups is 8. The van der Waals surface area contributed by atoms with Gasteiger partial charge in [-0.3, -0.25) is 9.59 Å². The molecule has 0 bridgehead atoms. The predicted octanol–water partition coefficient (Wildman–Crippen LogP) is -7.19. The third kappa shape index (κ3) is 6.77. The Kier molecular flexibility index (Phi) is 11.0. The molecule has 236 valence electrons. The molecule has 3 rings (SSSR count). The minimum Gasteiger partial charge on any atom is -0.479 e. The van der Waals surface area contributed by atoms with E-state index in [1.165, 1.54) is 0 Å². The van der Waals surface area contributed by atoms with Crippen LogP contribution in [-0.2, 0) is 38.1 Å². The lowest BCUT2D eigenvalue weighted by atomic mass is 9.93. The maximum atomic E-state index is 12.2. The molecule has 11 N–H and O–H groups in total. The molecule has 14 atom stereocenters. The molecule has 3 aliphatic rings. The first-order valence-corrected chi connectivity index (χ1v) is 12.5. The summed E-state index contributed by atoms with van der Waals surface area (Å²) >= 11 is 0. The smallest absolute Gasteiger partial charge is 0.335 e. The zero-order chi connectivity index (χ0) is 30.8. The van der Waals surface area contributed by atoms with Crippen molar-refractivity contribution in [2.45, 2.75) is 99.2 Å². The number of rotatable bonds is 10. The summed E-state index contributed by atoms with van der Waals surface area (Å²) in [6.07, 6.45) is -20.4. The van der Waals surface area contributed by atoms with Crippen LogP contribution >= 0.6 is 0 Å². The van der Waals surface area contributed by atoms with Crippen molar-refractivity contribution in [1.82, 2.24) is 10.6 Å². The summed E-state index contributed by atoms with van der Waals surface area (Å²) in [6, 6.07) is -3.28. The summed E-state index contributed by atoms with van der Waals surface area (Å²) in [7, 11) is 0. The summed E-state index contributed by atoms with van der Waals surface area (Å²) in [5, 5.41) is 96.2. The molecule has 19 heteroatoms. The zero-order valence-corrected chi connectivity index (χ0v) is 21.9. The van der Waals surface area contributed by atoms with Gasteiger partial charge in [-0.2, -0.15) is 0 Å². The Labute approximate surface area is 232 Å². The second-order valence-corrected chi connectivity index (χ2v) is 9.87. The molecule has 3 saturated heterocycles. The molecule has 0 aromatic heterocycles. The molecule has 0 spiro atoms. The van der Waals surface area contributed by atoms with E-state index in [1.807, 2.05) is 0 Å². The lowest BCUT2D eigenvalue weighted by molar-refractivity contribution is -0.363. The molecule has 41 heavy (non-hydrogen) atoms. The second kappa shape index (κ2) is 13.5. The Morgan fingerprint density at radius 2 is 1.39 bits per heavy atom. The van der Waals surface area contributed by atoms with Crippen LogP contribution in [0.5, 0.6) is 0 Å². The topological polar surface area (TPSA) is 303 Å². The fraction of sp³-hybridized carbons (Fsp3) is 0.864. The molecule has 3 heterocycles. The molecule has 0 aromatic rings. The van der Waals surface area contributed by atoms with Gasteiger partial charge in [-0.05, 0) is 0 Å². The predicted molar refractivity (Wildman–Crippen MR) is 125 cm³/mol. The van der Waals surface area contributed by atoms with Gasteiger partial charge in [0.05, 0.1) is 13.2 Å². The minimum absolute atomic E-state index is 0.735. The number of nitrogens with one attached hydrogen (secondary N) is 2. The molecule has 0 saturated carbocycles. The van der Waals surface area contributed by atoms with Crippen LogP contribution in [0.1, 0.15) is 13.8 Å². The lowest BCUT2D eigenvalue weighted by Gasteiger charge is -2.49. The monoisotopic (exact) mass is 600 g/mol. The quantitative estimate of drug-likeness (QED) is 0.111. The molecule has 1 unspecified atom stereocenters.